The fraction of sp³-hybridized carbons (Fsp3) is 0.278. The van der Waals surface area contributed by atoms with Crippen molar-refractivity contribution in [2.45, 2.75) is 20.4 Å². The molecule has 0 aromatic heterocycles. The van der Waals surface area contributed by atoms with E-state index in [4.69, 9.17) is 0 Å². The molecule has 5 nitrogen and oxygen atoms in total. The molecule has 0 spiro atoms. The maximum atomic E-state index is 12.0. The lowest BCUT2D eigenvalue weighted by Crippen LogP contribution is -2.34. The Kier molecular flexibility index (Phi) is 5.86. The molecule has 0 saturated heterocycles. The van der Waals surface area contributed by atoms with Crippen LogP contribution in [0.2, 0.25) is 0 Å². The normalized spacial score (nSPS) is 10.2. The first-order valence-electron chi connectivity index (χ1n) is 7.80. The van der Waals surface area contributed by atoms with Crippen molar-refractivity contribution < 1.29 is 9.90 Å². The van der Waals surface area contributed by atoms with Crippen LogP contribution in [0.1, 0.15) is 19.4 Å². The van der Waals surface area contributed by atoms with Crippen molar-refractivity contribution in [1.29, 1.82) is 0 Å². The van der Waals surface area contributed by atoms with Crippen LogP contribution in [-0.4, -0.2) is 29.1 Å². The lowest BCUT2D eigenvalue weighted by Gasteiger charge is -2.19. The van der Waals surface area contributed by atoms with Gasteiger partial charge in [-0.2, -0.15) is 0 Å². The highest BCUT2D eigenvalue weighted by molar-refractivity contribution is 5.89. The van der Waals surface area contributed by atoms with Crippen molar-refractivity contribution in [3.05, 3.63) is 54.1 Å². The van der Waals surface area contributed by atoms with E-state index >= 15 is 0 Å². The van der Waals surface area contributed by atoms with Crippen molar-refractivity contribution in [2.24, 2.45) is 0 Å². The predicted octanol–water partition coefficient (Wildman–Crippen LogP) is 3.88. The number of anilines is 2. The molecule has 3 N–H and O–H groups in total. The summed E-state index contributed by atoms with van der Waals surface area (Å²) in [5, 5.41) is 15.9. The molecule has 23 heavy (non-hydrogen) atoms. The van der Waals surface area contributed by atoms with E-state index in [1.54, 1.807) is 17.0 Å². The Bertz CT molecular complexity index is 637. The molecule has 0 atom stereocenters. The van der Waals surface area contributed by atoms with Crippen LogP contribution in [0.4, 0.5) is 16.2 Å². The predicted molar refractivity (Wildman–Crippen MR) is 93.8 cm³/mol. The SMILES string of the molecule is CCN(CC)C(=O)Nc1ccc(NCc2ccccc2O)cc1. The molecule has 2 amide bonds. The Morgan fingerprint density at radius 2 is 1.61 bits per heavy atom. The Hall–Kier alpha value is -2.69. The molecular weight excluding hydrogens is 290 g/mol. The first kappa shape index (κ1) is 16.7. The number of aromatic hydroxyl groups is 1. The van der Waals surface area contributed by atoms with Crippen molar-refractivity contribution in [3.63, 3.8) is 0 Å². The second-order valence-corrected chi connectivity index (χ2v) is 5.16. The van der Waals surface area contributed by atoms with Crippen LogP contribution in [-0.2, 0) is 6.54 Å². The van der Waals surface area contributed by atoms with Crippen LogP contribution in [0, 0.1) is 0 Å². The van der Waals surface area contributed by atoms with Crippen LogP contribution < -0.4 is 10.6 Å². The quantitative estimate of drug-likeness (QED) is 0.758. The van der Waals surface area contributed by atoms with E-state index in [2.05, 4.69) is 10.6 Å². The minimum absolute atomic E-state index is 0.0927. The number of carbonyl (C=O) groups excluding carboxylic acids is 1. The smallest absolute Gasteiger partial charge is 0.321 e. The minimum Gasteiger partial charge on any atom is -0.508 e. The topological polar surface area (TPSA) is 64.6 Å². The Morgan fingerprint density at radius 1 is 1.00 bits per heavy atom. The van der Waals surface area contributed by atoms with Crippen LogP contribution in [0.25, 0.3) is 0 Å². The highest BCUT2D eigenvalue weighted by atomic mass is 16.3. The molecule has 0 aliphatic rings. The summed E-state index contributed by atoms with van der Waals surface area (Å²) in [5.41, 5.74) is 2.52. The van der Waals surface area contributed by atoms with Crippen molar-refractivity contribution >= 4 is 17.4 Å². The maximum Gasteiger partial charge on any atom is 0.321 e. The van der Waals surface area contributed by atoms with Gasteiger partial charge in [-0.1, -0.05) is 18.2 Å². The average Bonchev–Trinajstić information content (AvgIpc) is 2.56. The summed E-state index contributed by atoms with van der Waals surface area (Å²) in [6, 6.07) is 14.7. The molecule has 0 radical (unpaired) electrons. The number of nitrogens with zero attached hydrogens (tertiary/aromatic N) is 1. The van der Waals surface area contributed by atoms with Gasteiger partial charge in [0.2, 0.25) is 0 Å². The molecule has 0 heterocycles. The second-order valence-electron chi connectivity index (χ2n) is 5.16. The zero-order chi connectivity index (χ0) is 16.7. The number of rotatable bonds is 6. The van der Waals surface area contributed by atoms with E-state index in [9.17, 15) is 9.90 Å². The van der Waals surface area contributed by atoms with Crippen molar-refractivity contribution in [2.75, 3.05) is 23.7 Å². The average molecular weight is 313 g/mol. The highest BCUT2D eigenvalue weighted by Gasteiger charge is 2.09. The van der Waals surface area contributed by atoms with Gasteiger partial charge < -0.3 is 20.6 Å². The molecule has 0 unspecified atom stereocenters. The Morgan fingerprint density at radius 3 is 2.22 bits per heavy atom. The highest BCUT2D eigenvalue weighted by Crippen LogP contribution is 2.19. The molecule has 2 aromatic carbocycles. The number of amides is 2. The molecule has 0 aliphatic heterocycles. The number of phenols is 1. The van der Waals surface area contributed by atoms with Gasteiger partial charge in [0.15, 0.2) is 0 Å². The lowest BCUT2D eigenvalue weighted by molar-refractivity contribution is 0.217. The number of urea groups is 1. The number of hydrogen-bond donors (Lipinski definition) is 3. The van der Waals surface area contributed by atoms with Crippen LogP contribution in [0.15, 0.2) is 48.5 Å². The first-order valence-corrected chi connectivity index (χ1v) is 7.80. The maximum absolute atomic E-state index is 12.0. The number of phenolic OH excluding ortho intramolecular Hbond substituents is 1. The van der Waals surface area contributed by atoms with E-state index in [0.29, 0.717) is 19.6 Å². The Labute approximate surface area is 136 Å². The fourth-order valence-corrected chi connectivity index (χ4v) is 2.24. The minimum atomic E-state index is -0.0927. The third kappa shape index (κ3) is 4.64. The summed E-state index contributed by atoms with van der Waals surface area (Å²) in [5.74, 6) is 0.281. The van der Waals surface area contributed by atoms with Crippen molar-refractivity contribution in [1.82, 2.24) is 4.90 Å². The van der Waals surface area contributed by atoms with Gasteiger partial charge in [-0.05, 0) is 44.2 Å². The molecule has 2 aromatic rings. The molecule has 0 aliphatic carbocycles. The zero-order valence-electron chi connectivity index (χ0n) is 13.5. The van der Waals surface area contributed by atoms with Gasteiger partial charge in [0.25, 0.3) is 0 Å². The van der Waals surface area contributed by atoms with Gasteiger partial charge in [0.1, 0.15) is 5.75 Å². The summed E-state index contributed by atoms with van der Waals surface area (Å²) in [6.07, 6.45) is 0. The third-order valence-electron chi connectivity index (χ3n) is 3.66. The lowest BCUT2D eigenvalue weighted by atomic mass is 10.2. The molecule has 0 saturated carbocycles. The summed E-state index contributed by atoms with van der Waals surface area (Å²) < 4.78 is 0. The van der Waals surface area contributed by atoms with Crippen LogP contribution in [0.5, 0.6) is 5.75 Å². The van der Waals surface area contributed by atoms with Crippen LogP contribution >= 0.6 is 0 Å². The number of carbonyl (C=O) groups is 1. The van der Waals surface area contributed by atoms with Crippen LogP contribution in [0.3, 0.4) is 0 Å². The van der Waals surface area contributed by atoms with Gasteiger partial charge >= 0.3 is 6.03 Å². The standard InChI is InChI=1S/C18H23N3O2/c1-3-21(4-2)18(23)20-16-11-9-15(10-12-16)19-13-14-7-5-6-8-17(14)22/h5-12,19,22H,3-4,13H2,1-2H3,(H,20,23). The second kappa shape index (κ2) is 8.08. The number of para-hydroxylation sites is 1. The van der Waals surface area contributed by atoms with E-state index in [-0.39, 0.29) is 11.8 Å². The zero-order valence-corrected chi connectivity index (χ0v) is 13.5. The van der Waals surface area contributed by atoms with Gasteiger partial charge in [-0.3, -0.25) is 0 Å². The molecule has 5 heteroatoms. The number of nitrogens with one attached hydrogen (secondary N) is 2. The van der Waals surface area contributed by atoms with Gasteiger partial charge in [-0.25, -0.2) is 4.79 Å². The van der Waals surface area contributed by atoms with Gasteiger partial charge in [0, 0.05) is 36.6 Å². The molecule has 122 valence electrons. The largest absolute Gasteiger partial charge is 0.508 e. The molecule has 0 bridgehead atoms. The van der Waals surface area contributed by atoms with Crippen molar-refractivity contribution in [3.8, 4) is 5.75 Å². The molecule has 2 rings (SSSR count). The first-order chi connectivity index (χ1) is 11.1. The summed E-state index contributed by atoms with van der Waals surface area (Å²) >= 11 is 0. The molecule has 0 fully saturated rings. The number of hydrogen-bond acceptors (Lipinski definition) is 3. The molecular formula is C18H23N3O2. The third-order valence-corrected chi connectivity index (χ3v) is 3.66. The van der Waals surface area contributed by atoms with E-state index in [1.165, 1.54) is 0 Å². The Balaban J connectivity index is 1.92. The van der Waals surface area contributed by atoms with E-state index < -0.39 is 0 Å². The monoisotopic (exact) mass is 313 g/mol. The number of benzene rings is 2. The summed E-state index contributed by atoms with van der Waals surface area (Å²) in [7, 11) is 0. The van der Waals surface area contributed by atoms with E-state index in [0.717, 1.165) is 16.9 Å². The fourth-order valence-electron chi connectivity index (χ4n) is 2.24. The van der Waals surface area contributed by atoms with Gasteiger partial charge in [0.05, 0.1) is 0 Å². The van der Waals surface area contributed by atoms with Gasteiger partial charge in [-0.15, -0.1) is 0 Å². The summed E-state index contributed by atoms with van der Waals surface area (Å²) in [6.45, 7) is 5.81. The van der Waals surface area contributed by atoms with E-state index in [1.807, 2.05) is 50.2 Å². The summed E-state index contributed by atoms with van der Waals surface area (Å²) in [4.78, 5) is 13.7.